The molecule has 0 saturated heterocycles. The highest BCUT2D eigenvalue weighted by atomic mass is 16.5. The number of carbonyl (C=O) groups is 2. The van der Waals surface area contributed by atoms with Gasteiger partial charge < -0.3 is 19.7 Å². The molecule has 0 radical (unpaired) electrons. The number of anilines is 1. The number of benzene rings is 2. The van der Waals surface area contributed by atoms with Crippen LogP contribution in [0.3, 0.4) is 0 Å². The molecule has 2 aromatic rings. The minimum Gasteiger partial charge on any atom is -0.497 e. The second-order valence-electron chi connectivity index (χ2n) is 5.33. The quantitative estimate of drug-likeness (QED) is 0.935. The standard InChI is InChI=1S/C18H18N2O4/c1-19-17(21)16-11-20(14-5-3-4-6-15(14)24-16)18(22)12-7-9-13(23-2)10-8-12/h3-10,16H,11H2,1-2H3,(H,19,21)/t16-/m1/s1. The number of nitrogens with one attached hydrogen (secondary N) is 1. The predicted octanol–water partition coefficient (Wildman–Crippen LogP) is 1.85. The number of fused-ring (bicyclic) bond motifs is 1. The molecule has 24 heavy (non-hydrogen) atoms. The molecular weight excluding hydrogens is 308 g/mol. The van der Waals surface area contributed by atoms with Gasteiger partial charge in [0.2, 0.25) is 0 Å². The molecule has 2 amide bonds. The van der Waals surface area contributed by atoms with Crippen LogP contribution in [-0.4, -0.2) is 38.6 Å². The Kier molecular flexibility index (Phi) is 4.37. The lowest BCUT2D eigenvalue weighted by Crippen LogP contribution is -2.50. The van der Waals surface area contributed by atoms with Crippen molar-refractivity contribution in [2.24, 2.45) is 0 Å². The lowest BCUT2D eigenvalue weighted by atomic mass is 10.1. The number of rotatable bonds is 3. The Morgan fingerprint density at radius 2 is 1.88 bits per heavy atom. The Balaban J connectivity index is 1.94. The Morgan fingerprint density at radius 1 is 1.17 bits per heavy atom. The van der Waals surface area contributed by atoms with Crippen molar-refractivity contribution in [1.82, 2.24) is 5.32 Å². The van der Waals surface area contributed by atoms with Crippen LogP contribution < -0.4 is 19.7 Å². The first kappa shape index (κ1) is 15.9. The van der Waals surface area contributed by atoms with Crippen molar-refractivity contribution in [3.63, 3.8) is 0 Å². The Labute approximate surface area is 140 Å². The zero-order valence-electron chi connectivity index (χ0n) is 13.5. The van der Waals surface area contributed by atoms with Gasteiger partial charge in [-0.3, -0.25) is 9.59 Å². The number of hydrogen-bond acceptors (Lipinski definition) is 4. The Bertz CT molecular complexity index is 758. The summed E-state index contributed by atoms with van der Waals surface area (Å²) in [5.41, 5.74) is 1.17. The van der Waals surface area contributed by atoms with E-state index in [1.165, 1.54) is 0 Å². The van der Waals surface area contributed by atoms with Gasteiger partial charge >= 0.3 is 0 Å². The zero-order valence-corrected chi connectivity index (χ0v) is 13.5. The van der Waals surface area contributed by atoms with E-state index in [4.69, 9.17) is 9.47 Å². The predicted molar refractivity (Wildman–Crippen MR) is 89.6 cm³/mol. The van der Waals surface area contributed by atoms with Gasteiger partial charge in [0, 0.05) is 12.6 Å². The SMILES string of the molecule is CNC(=O)[C@H]1CN(C(=O)c2ccc(OC)cc2)c2ccccc2O1. The minimum atomic E-state index is -0.743. The molecule has 1 aliphatic rings. The van der Waals surface area contributed by atoms with Crippen LogP contribution in [-0.2, 0) is 4.79 Å². The van der Waals surface area contributed by atoms with Crippen molar-refractivity contribution in [1.29, 1.82) is 0 Å². The minimum absolute atomic E-state index is 0.154. The molecule has 124 valence electrons. The first-order valence-electron chi connectivity index (χ1n) is 7.57. The van der Waals surface area contributed by atoms with E-state index in [2.05, 4.69) is 5.32 Å². The van der Waals surface area contributed by atoms with E-state index in [1.807, 2.05) is 6.07 Å². The highest BCUT2D eigenvalue weighted by molar-refractivity contribution is 6.07. The summed E-state index contributed by atoms with van der Waals surface area (Å²) in [7, 11) is 3.12. The molecule has 0 aliphatic carbocycles. The molecule has 3 rings (SSSR count). The van der Waals surface area contributed by atoms with Gasteiger partial charge in [0.05, 0.1) is 19.3 Å². The second kappa shape index (κ2) is 6.62. The number of carbonyl (C=O) groups excluding carboxylic acids is 2. The lowest BCUT2D eigenvalue weighted by molar-refractivity contribution is -0.127. The van der Waals surface area contributed by atoms with E-state index in [0.717, 1.165) is 0 Å². The third-order valence-corrected chi connectivity index (χ3v) is 3.89. The molecular formula is C18H18N2O4. The zero-order chi connectivity index (χ0) is 17.1. The maximum absolute atomic E-state index is 12.9. The second-order valence-corrected chi connectivity index (χ2v) is 5.33. The fraction of sp³-hybridized carbons (Fsp3) is 0.222. The fourth-order valence-corrected chi connectivity index (χ4v) is 2.61. The van der Waals surface area contributed by atoms with E-state index in [0.29, 0.717) is 22.7 Å². The number of amides is 2. The third kappa shape index (κ3) is 2.90. The molecule has 1 N–H and O–H groups in total. The average molecular weight is 326 g/mol. The van der Waals surface area contributed by atoms with Crippen LogP contribution in [0.2, 0.25) is 0 Å². The van der Waals surface area contributed by atoms with E-state index >= 15 is 0 Å². The summed E-state index contributed by atoms with van der Waals surface area (Å²) >= 11 is 0. The van der Waals surface area contributed by atoms with Gasteiger partial charge in [-0.1, -0.05) is 12.1 Å². The van der Waals surface area contributed by atoms with Crippen LogP contribution in [0, 0.1) is 0 Å². The number of hydrogen-bond donors (Lipinski definition) is 1. The summed E-state index contributed by atoms with van der Waals surface area (Å²) in [5, 5.41) is 2.56. The van der Waals surface area contributed by atoms with Gasteiger partial charge in [-0.15, -0.1) is 0 Å². The van der Waals surface area contributed by atoms with E-state index in [-0.39, 0.29) is 18.4 Å². The monoisotopic (exact) mass is 326 g/mol. The van der Waals surface area contributed by atoms with Crippen molar-refractivity contribution in [3.05, 3.63) is 54.1 Å². The highest BCUT2D eigenvalue weighted by Gasteiger charge is 2.33. The molecule has 1 atom stereocenters. The number of likely N-dealkylation sites (N-methyl/N-ethyl adjacent to an activating group) is 1. The van der Waals surface area contributed by atoms with Gasteiger partial charge in [-0.2, -0.15) is 0 Å². The normalized spacial score (nSPS) is 15.9. The molecule has 0 spiro atoms. The molecule has 1 aliphatic heterocycles. The average Bonchev–Trinajstić information content (AvgIpc) is 2.66. The summed E-state index contributed by atoms with van der Waals surface area (Å²) < 4.78 is 10.8. The van der Waals surface area contributed by atoms with Crippen molar-refractivity contribution < 1.29 is 19.1 Å². The van der Waals surface area contributed by atoms with Gasteiger partial charge in [0.25, 0.3) is 11.8 Å². The topological polar surface area (TPSA) is 67.9 Å². The molecule has 0 unspecified atom stereocenters. The van der Waals surface area contributed by atoms with Crippen LogP contribution in [0.1, 0.15) is 10.4 Å². The maximum Gasteiger partial charge on any atom is 0.262 e. The highest BCUT2D eigenvalue weighted by Crippen LogP contribution is 2.34. The number of nitrogens with zero attached hydrogens (tertiary/aromatic N) is 1. The van der Waals surface area contributed by atoms with Crippen molar-refractivity contribution in [2.75, 3.05) is 25.6 Å². The summed E-state index contributed by atoms with van der Waals surface area (Å²) in [4.78, 5) is 26.5. The third-order valence-electron chi connectivity index (χ3n) is 3.89. The number of para-hydroxylation sites is 2. The van der Waals surface area contributed by atoms with Crippen LogP contribution >= 0.6 is 0 Å². The molecule has 0 bridgehead atoms. The number of ether oxygens (including phenoxy) is 2. The molecule has 6 heteroatoms. The van der Waals surface area contributed by atoms with Gasteiger partial charge in [0.1, 0.15) is 11.5 Å². The first-order chi connectivity index (χ1) is 11.6. The summed E-state index contributed by atoms with van der Waals surface area (Å²) in [6, 6.07) is 14.1. The van der Waals surface area contributed by atoms with E-state index in [1.54, 1.807) is 61.5 Å². The van der Waals surface area contributed by atoms with Crippen LogP contribution in [0.25, 0.3) is 0 Å². The van der Waals surface area contributed by atoms with Crippen LogP contribution in [0.4, 0.5) is 5.69 Å². The van der Waals surface area contributed by atoms with Crippen LogP contribution in [0.5, 0.6) is 11.5 Å². The van der Waals surface area contributed by atoms with Gasteiger partial charge in [-0.25, -0.2) is 0 Å². The lowest BCUT2D eigenvalue weighted by Gasteiger charge is -2.34. The molecule has 0 aromatic heterocycles. The maximum atomic E-state index is 12.9. The van der Waals surface area contributed by atoms with Crippen molar-refractivity contribution >= 4 is 17.5 Å². The van der Waals surface area contributed by atoms with E-state index in [9.17, 15) is 9.59 Å². The fourth-order valence-electron chi connectivity index (χ4n) is 2.61. The number of methoxy groups -OCH3 is 1. The summed E-state index contributed by atoms with van der Waals surface area (Å²) in [5.74, 6) is 0.732. The van der Waals surface area contributed by atoms with Crippen molar-refractivity contribution in [2.45, 2.75) is 6.10 Å². The van der Waals surface area contributed by atoms with E-state index < -0.39 is 6.10 Å². The van der Waals surface area contributed by atoms with Crippen molar-refractivity contribution in [3.8, 4) is 11.5 Å². The Morgan fingerprint density at radius 3 is 2.54 bits per heavy atom. The first-order valence-corrected chi connectivity index (χ1v) is 7.57. The van der Waals surface area contributed by atoms with Gasteiger partial charge in [0.15, 0.2) is 6.10 Å². The molecule has 2 aromatic carbocycles. The van der Waals surface area contributed by atoms with Crippen LogP contribution in [0.15, 0.2) is 48.5 Å². The molecule has 6 nitrogen and oxygen atoms in total. The molecule has 1 heterocycles. The summed E-state index contributed by atoms with van der Waals surface area (Å²) in [6.07, 6.45) is -0.743. The smallest absolute Gasteiger partial charge is 0.262 e. The largest absolute Gasteiger partial charge is 0.497 e. The van der Waals surface area contributed by atoms with Gasteiger partial charge in [-0.05, 0) is 36.4 Å². The molecule has 0 fully saturated rings. The molecule has 0 saturated carbocycles. The summed E-state index contributed by atoms with van der Waals surface area (Å²) in [6.45, 7) is 0.154. The Hall–Kier alpha value is -3.02.